The van der Waals surface area contributed by atoms with Crippen molar-refractivity contribution in [1.82, 2.24) is 4.90 Å². The Morgan fingerprint density at radius 1 is 1.30 bits per heavy atom. The molecule has 2 N–H and O–H groups in total. The molecule has 0 saturated carbocycles. The molecule has 7 heteroatoms. The molecule has 20 heavy (non-hydrogen) atoms. The van der Waals surface area contributed by atoms with Gasteiger partial charge in [-0.3, -0.25) is 4.90 Å². The minimum absolute atomic E-state index is 0.0583. The van der Waals surface area contributed by atoms with Gasteiger partial charge >= 0.3 is 6.18 Å². The average molecular weight is 312 g/mol. The predicted octanol–water partition coefficient (Wildman–Crippen LogP) is 2.25. The molecular formula is C13H23F3N2OS. The van der Waals surface area contributed by atoms with Gasteiger partial charge in [0.2, 0.25) is 0 Å². The fourth-order valence-corrected chi connectivity index (χ4v) is 4.43. The number of hydrogen-bond donors (Lipinski definition) is 1. The Bertz CT molecular complexity index is 303. The van der Waals surface area contributed by atoms with Gasteiger partial charge in [-0.1, -0.05) is 0 Å². The molecule has 1 atom stereocenters. The third kappa shape index (κ3) is 4.51. The van der Waals surface area contributed by atoms with Crippen molar-refractivity contribution in [2.75, 3.05) is 37.7 Å². The van der Waals surface area contributed by atoms with Crippen LogP contribution in [0.2, 0.25) is 0 Å². The van der Waals surface area contributed by atoms with Gasteiger partial charge in [0.1, 0.15) is 0 Å². The maximum Gasteiger partial charge on any atom is 0.401 e. The Balaban J connectivity index is 2.00. The van der Waals surface area contributed by atoms with E-state index in [1.54, 1.807) is 0 Å². The number of halogens is 3. The summed E-state index contributed by atoms with van der Waals surface area (Å²) < 4.78 is 44.0. The highest BCUT2D eigenvalue weighted by Gasteiger charge is 2.42. The maximum absolute atomic E-state index is 12.7. The summed E-state index contributed by atoms with van der Waals surface area (Å²) in [4.78, 5) is 1.51. The van der Waals surface area contributed by atoms with Crippen molar-refractivity contribution in [3.05, 3.63) is 0 Å². The van der Waals surface area contributed by atoms with Crippen molar-refractivity contribution in [3.63, 3.8) is 0 Å². The molecule has 0 radical (unpaired) electrons. The Labute approximate surface area is 122 Å². The van der Waals surface area contributed by atoms with Crippen molar-refractivity contribution in [3.8, 4) is 0 Å². The molecule has 118 valence electrons. The molecule has 2 aliphatic heterocycles. The number of thioether (sulfide) groups is 1. The van der Waals surface area contributed by atoms with E-state index in [-0.39, 0.29) is 18.2 Å². The third-order valence-electron chi connectivity index (χ3n) is 4.19. The van der Waals surface area contributed by atoms with E-state index in [2.05, 4.69) is 0 Å². The van der Waals surface area contributed by atoms with Crippen molar-refractivity contribution < 1.29 is 17.9 Å². The Kier molecular flexibility index (Phi) is 5.62. The molecule has 2 aliphatic rings. The van der Waals surface area contributed by atoms with Crippen LogP contribution in [0, 0.1) is 0 Å². The molecule has 2 rings (SSSR count). The summed E-state index contributed by atoms with van der Waals surface area (Å²) in [6.07, 6.45) is -0.870. The maximum atomic E-state index is 12.7. The van der Waals surface area contributed by atoms with E-state index in [1.165, 1.54) is 4.90 Å². The summed E-state index contributed by atoms with van der Waals surface area (Å²) >= 11 is 1.90. The van der Waals surface area contributed by atoms with Crippen LogP contribution in [-0.4, -0.2) is 60.5 Å². The fourth-order valence-electron chi connectivity index (χ4n) is 3.19. The standard InChI is InChI=1S/C13H23F3N2OS/c14-13(15,16)10-18(5-4-17)11-1-6-19-12(9-11)2-7-20-8-3-12/h11H,1-10,17H2. The lowest BCUT2D eigenvalue weighted by Gasteiger charge is -2.46. The molecule has 0 amide bonds. The van der Waals surface area contributed by atoms with Gasteiger partial charge < -0.3 is 10.5 Å². The van der Waals surface area contributed by atoms with E-state index in [4.69, 9.17) is 10.5 Å². The van der Waals surface area contributed by atoms with Crippen molar-refractivity contribution in [2.24, 2.45) is 5.73 Å². The lowest BCUT2D eigenvalue weighted by Crippen LogP contribution is -2.53. The van der Waals surface area contributed by atoms with Crippen LogP contribution in [0.4, 0.5) is 13.2 Å². The van der Waals surface area contributed by atoms with Crippen LogP contribution >= 0.6 is 11.8 Å². The number of nitrogens with zero attached hydrogens (tertiary/aromatic N) is 1. The molecular weight excluding hydrogens is 289 g/mol. The van der Waals surface area contributed by atoms with Gasteiger partial charge in [0, 0.05) is 25.7 Å². The SMILES string of the molecule is NCCN(CC(F)(F)F)C1CCOC2(CCSCC2)C1. The summed E-state index contributed by atoms with van der Waals surface area (Å²) in [5, 5.41) is 0. The highest BCUT2D eigenvalue weighted by molar-refractivity contribution is 7.99. The van der Waals surface area contributed by atoms with E-state index in [1.807, 2.05) is 11.8 Å². The monoisotopic (exact) mass is 312 g/mol. The van der Waals surface area contributed by atoms with Crippen LogP contribution in [0.3, 0.4) is 0 Å². The van der Waals surface area contributed by atoms with E-state index in [9.17, 15) is 13.2 Å². The zero-order valence-corrected chi connectivity index (χ0v) is 12.4. The van der Waals surface area contributed by atoms with Gasteiger partial charge in [-0.25, -0.2) is 0 Å². The quantitative estimate of drug-likeness (QED) is 0.864. The normalized spacial score (nSPS) is 27.1. The van der Waals surface area contributed by atoms with E-state index in [0.717, 1.165) is 24.3 Å². The molecule has 2 heterocycles. The molecule has 0 aromatic rings. The minimum atomic E-state index is -4.16. The van der Waals surface area contributed by atoms with Crippen LogP contribution in [0.25, 0.3) is 0 Å². The summed E-state index contributed by atoms with van der Waals surface area (Å²) in [5.74, 6) is 2.09. The first-order chi connectivity index (χ1) is 9.44. The van der Waals surface area contributed by atoms with Gasteiger partial charge in [0.05, 0.1) is 12.1 Å². The Morgan fingerprint density at radius 3 is 2.60 bits per heavy atom. The molecule has 2 saturated heterocycles. The first kappa shape index (κ1) is 16.4. The van der Waals surface area contributed by atoms with Crippen LogP contribution in [0.5, 0.6) is 0 Å². The molecule has 0 aromatic heterocycles. The summed E-state index contributed by atoms with van der Waals surface area (Å²) in [6.45, 7) is 0.263. The van der Waals surface area contributed by atoms with Crippen molar-refractivity contribution in [1.29, 1.82) is 0 Å². The first-order valence-electron chi connectivity index (χ1n) is 7.17. The smallest absolute Gasteiger partial charge is 0.375 e. The van der Waals surface area contributed by atoms with E-state index in [0.29, 0.717) is 26.0 Å². The van der Waals surface area contributed by atoms with Crippen LogP contribution in [0.1, 0.15) is 25.7 Å². The van der Waals surface area contributed by atoms with E-state index >= 15 is 0 Å². The van der Waals surface area contributed by atoms with Gasteiger partial charge in [-0.2, -0.15) is 24.9 Å². The minimum Gasteiger partial charge on any atom is -0.375 e. The lowest BCUT2D eigenvalue weighted by atomic mass is 9.85. The molecule has 0 bridgehead atoms. The van der Waals surface area contributed by atoms with Crippen LogP contribution in [0.15, 0.2) is 0 Å². The van der Waals surface area contributed by atoms with E-state index < -0.39 is 12.7 Å². The molecule has 0 aromatic carbocycles. The average Bonchev–Trinajstić information content (AvgIpc) is 2.38. The Hall–Kier alpha value is 0.0200. The van der Waals surface area contributed by atoms with Crippen LogP contribution < -0.4 is 5.73 Å². The Morgan fingerprint density at radius 2 is 2.00 bits per heavy atom. The number of alkyl halides is 3. The molecule has 3 nitrogen and oxygen atoms in total. The topological polar surface area (TPSA) is 38.5 Å². The number of ether oxygens (including phenoxy) is 1. The fraction of sp³-hybridized carbons (Fsp3) is 1.00. The number of nitrogens with two attached hydrogens (primary N) is 1. The van der Waals surface area contributed by atoms with Crippen molar-refractivity contribution in [2.45, 2.75) is 43.5 Å². The summed E-state index contributed by atoms with van der Waals surface area (Å²) in [5.41, 5.74) is 5.29. The second kappa shape index (κ2) is 6.85. The van der Waals surface area contributed by atoms with Gasteiger partial charge in [0.25, 0.3) is 0 Å². The summed E-state index contributed by atoms with van der Waals surface area (Å²) in [7, 11) is 0. The van der Waals surface area contributed by atoms with Crippen LogP contribution in [-0.2, 0) is 4.74 Å². The largest absolute Gasteiger partial charge is 0.401 e. The molecule has 1 unspecified atom stereocenters. The zero-order valence-electron chi connectivity index (χ0n) is 11.6. The van der Waals surface area contributed by atoms with Gasteiger partial charge in [-0.15, -0.1) is 0 Å². The molecule has 1 spiro atoms. The predicted molar refractivity (Wildman–Crippen MR) is 74.9 cm³/mol. The molecule has 2 fully saturated rings. The van der Waals surface area contributed by atoms with Gasteiger partial charge in [0.15, 0.2) is 0 Å². The second-order valence-electron chi connectivity index (χ2n) is 5.66. The highest BCUT2D eigenvalue weighted by atomic mass is 32.2. The molecule has 0 aliphatic carbocycles. The van der Waals surface area contributed by atoms with Crippen molar-refractivity contribution >= 4 is 11.8 Å². The number of rotatable bonds is 4. The third-order valence-corrected chi connectivity index (χ3v) is 5.17. The van der Waals surface area contributed by atoms with Gasteiger partial charge in [-0.05, 0) is 37.2 Å². The number of hydrogen-bond acceptors (Lipinski definition) is 4. The summed E-state index contributed by atoms with van der Waals surface area (Å²) in [6, 6.07) is -0.0583. The zero-order chi connectivity index (χ0) is 14.6. The lowest BCUT2D eigenvalue weighted by molar-refractivity contribution is -0.165. The second-order valence-corrected chi connectivity index (χ2v) is 6.89. The highest BCUT2D eigenvalue weighted by Crippen LogP contribution is 2.39. The first-order valence-corrected chi connectivity index (χ1v) is 8.32.